The molecule has 0 radical (unpaired) electrons. The van der Waals surface area contributed by atoms with Crippen LogP contribution in [0.4, 0.5) is 11.4 Å². The van der Waals surface area contributed by atoms with Crippen LogP contribution in [0.2, 0.25) is 0 Å². The number of anilines is 1. The maximum absolute atomic E-state index is 13.9. The molecule has 1 aliphatic heterocycles. The molecule has 3 unspecified atom stereocenters. The van der Waals surface area contributed by atoms with E-state index in [2.05, 4.69) is 4.98 Å². The fourth-order valence-electron chi connectivity index (χ4n) is 5.32. The van der Waals surface area contributed by atoms with Crippen LogP contribution in [0.25, 0.3) is 0 Å². The van der Waals surface area contributed by atoms with Gasteiger partial charge in [-0.25, -0.2) is 0 Å². The number of carboxylic acid groups (broad SMARTS) is 1. The van der Waals surface area contributed by atoms with Crippen LogP contribution in [0.3, 0.4) is 0 Å². The molecule has 3 atom stereocenters. The molecule has 2 heterocycles. The fourth-order valence-corrected chi connectivity index (χ4v) is 5.32. The number of hydrogen-bond donors (Lipinski definition) is 1. The number of Topliss-reactive ketones (excluding diaryl/α,β-unsaturated/α-hetero) is 1. The van der Waals surface area contributed by atoms with E-state index in [1.165, 1.54) is 0 Å². The Labute approximate surface area is 214 Å². The van der Waals surface area contributed by atoms with Gasteiger partial charge in [-0.05, 0) is 53.8 Å². The van der Waals surface area contributed by atoms with Gasteiger partial charge in [0, 0.05) is 30.9 Å². The molecule has 8 heteroatoms. The number of hydrogen-bond acceptors (Lipinski definition) is 6. The Balaban J connectivity index is 1.61. The molecule has 1 saturated carbocycles. The van der Waals surface area contributed by atoms with Gasteiger partial charge in [-0.1, -0.05) is 30.3 Å². The number of aliphatic imine (C=N–C) groups is 1. The summed E-state index contributed by atoms with van der Waals surface area (Å²) in [5.74, 6) is -1.41. The first-order valence-electron chi connectivity index (χ1n) is 12.2. The topological polar surface area (TPSA) is 109 Å². The number of carbonyl (C=O) groups is 3. The van der Waals surface area contributed by atoms with E-state index in [0.717, 1.165) is 11.3 Å². The third-order valence-corrected chi connectivity index (χ3v) is 7.04. The van der Waals surface area contributed by atoms with Crippen molar-refractivity contribution in [2.24, 2.45) is 10.9 Å². The maximum atomic E-state index is 13.9. The third-order valence-electron chi connectivity index (χ3n) is 7.04. The van der Waals surface area contributed by atoms with Crippen molar-refractivity contribution in [1.29, 1.82) is 0 Å². The highest BCUT2D eigenvalue weighted by molar-refractivity contribution is 6.13. The SMILES string of the molecule is COc1ccc(C2CC(=O)C3C(=Nc4ccccc4N(C(=O)CCC(=O)O)C3c3cccnc3)C2)cc1. The summed E-state index contributed by atoms with van der Waals surface area (Å²) in [6.07, 6.45) is 3.68. The average molecular weight is 498 g/mol. The van der Waals surface area contributed by atoms with Gasteiger partial charge in [0.1, 0.15) is 11.5 Å². The largest absolute Gasteiger partial charge is 0.497 e. The second kappa shape index (κ2) is 10.3. The van der Waals surface area contributed by atoms with Crippen molar-refractivity contribution < 1.29 is 24.2 Å². The quantitative estimate of drug-likeness (QED) is 0.520. The summed E-state index contributed by atoms with van der Waals surface area (Å²) in [5.41, 5.74) is 3.59. The zero-order valence-corrected chi connectivity index (χ0v) is 20.4. The van der Waals surface area contributed by atoms with Crippen LogP contribution in [0, 0.1) is 5.92 Å². The standard InChI is InChI=1S/C29H27N3O5/c1-37-21-10-8-18(9-11-21)20-15-23-28(25(33)16-20)29(19-5-4-14-30-17-19)32(26(34)12-13-27(35)36)24-7-3-2-6-22(24)31-23/h2-11,14,17,20,28-29H,12-13,15-16H2,1H3,(H,35,36). The minimum Gasteiger partial charge on any atom is -0.497 e. The zero-order valence-electron chi connectivity index (χ0n) is 20.4. The van der Waals surface area contributed by atoms with E-state index in [0.29, 0.717) is 35.5 Å². The zero-order chi connectivity index (χ0) is 25.9. The minimum absolute atomic E-state index is 0.0106. The molecule has 1 aromatic heterocycles. The molecule has 1 amide bonds. The lowest BCUT2D eigenvalue weighted by molar-refractivity contribution is -0.138. The van der Waals surface area contributed by atoms with Gasteiger partial charge < -0.3 is 14.7 Å². The van der Waals surface area contributed by atoms with Crippen LogP contribution >= 0.6 is 0 Å². The summed E-state index contributed by atoms with van der Waals surface area (Å²) < 4.78 is 5.28. The van der Waals surface area contributed by atoms with Gasteiger partial charge in [0.25, 0.3) is 0 Å². The summed E-state index contributed by atoms with van der Waals surface area (Å²) in [7, 11) is 1.61. The van der Waals surface area contributed by atoms with Crippen molar-refractivity contribution in [1.82, 2.24) is 4.98 Å². The van der Waals surface area contributed by atoms with Gasteiger partial charge in [-0.2, -0.15) is 0 Å². The van der Waals surface area contributed by atoms with Crippen molar-refractivity contribution >= 4 is 34.7 Å². The fraction of sp³-hybridized carbons (Fsp3) is 0.276. The molecule has 0 spiro atoms. The lowest BCUT2D eigenvalue weighted by atomic mass is 9.72. The lowest BCUT2D eigenvalue weighted by Gasteiger charge is -2.38. The van der Waals surface area contributed by atoms with Gasteiger partial charge in [0.05, 0.1) is 36.9 Å². The Kier molecular flexibility index (Phi) is 6.81. The molecule has 2 aliphatic rings. The van der Waals surface area contributed by atoms with Gasteiger partial charge in [-0.3, -0.25) is 24.4 Å². The summed E-state index contributed by atoms with van der Waals surface area (Å²) >= 11 is 0. The first-order valence-corrected chi connectivity index (χ1v) is 12.2. The number of fused-ring (bicyclic) bond motifs is 2. The molecule has 8 nitrogen and oxygen atoms in total. The first kappa shape index (κ1) is 24.4. The van der Waals surface area contributed by atoms with E-state index in [1.54, 1.807) is 36.5 Å². The number of ketones is 1. The summed E-state index contributed by atoms with van der Waals surface area (Å²) in [6.45, 7) is 0. The van der Waals surface area contributed by atoms with Crippen LogP contribution in [-0.4, -0.2) is 40.6 Å². The Morgan fingerprint density at radius 1 is 1.00 bits per heavy atom. The predicted molar refractivity (Wildman–Crippen MR) is 138 cm³/mol. The van der Waals surface area contributed by atoms with Crippen LogP contribution in [0.1, 0.15) is 48.8 Å². The number of para-hydroxylation sites is 2. The van der Waals surface area contributed by atoms with E-state index in [-0.39, 0.29) is 30.4 Å². The normalized spacial score (nSPS) is 20.8. The summed E-state index contributed by atoms with van der Waals surface area (Å²) in [4.78, 5) is 49.6. The number of ether oxygens (including phenoxy) is 1. The number of amides is 1. The highest BCUT2D eigenvalue weighted by atomic mass is 16.5. The molecular formula is C29H27N3O5. The van der Waals surface area contributed by atoms with Crippen LogP contribution < -0.4 is 9.64 Å². The Morgan fingerprint density at radius 2 is 1.78 bits per heavy atom. The minimum atomic E-state index is -1.05. The molecule has 3 aromatic rings. The smallest absolute Gasteiger partial charge is 0.303 e. The molecule has 1 fully saturated rings. The summed E-state index contributed by atoms with van der Waals surface area (Å²) in [6, 6.07) is 17.9. The number of aromatic nitrogens is 1. The maximum Gasteiger partial charge on any atom is 0.303 e. The first-order chi connectivity index (χ1) is 18.0. The molecule has 37 heavy (non-hydrogen) atoms. The van der Waals surface area contributed by atoms with E-state index in [1.807, 2.05) is 48.5 Å². The molecule has 1 aliphatic carbocycles. The predicted octanol–water partition coefficient (Wildman–Crippen LogP) is 4.88. The number of carboxylic acids is 1. The third kappa shape index (κ3) is 4.87. The van der Waals surface area contributed by atoms with Gasteiger partial charge in [-0.15, -0.1) is 0 Å². The molecule has 2 aromatic carbocycles. The van der Waals surface area contributed by atoms with Gasteiger partial charge in [0.15, 0.2) is 0 Å². The number of methoxy groups -OCH3 is 1. The van der Waals surface area contributed by atoms with Crippen LogP contribution in [-0.2, 0) is 14.4 Å². The van der Waals surface area contributed by atoms with E-state index in [9.17, 15) is 19.5 Å². The number of rotatable bonds is 6. The van der Waals surface area contributed by atoms with E-state index in [4.69, 9.17) is 9.73 Å². The van der Waals surface area contributed by atoms with E-state index >= 15 is 0 Å². The molecule has 188 valence electrons. The Hall–Kier alpha value is -4.33. The molecule has 0 bridgehead atoms. The molecule has 5 rings (SSSR count). The molecule has 1 N–H and O–H groups in total. The highest BCUT2D eigenvalue weighted by Crippen LogP contribution is 2.47. The monoisotopic (exact) mass is 497 g/mol. The van der Waals surface area contributed by atoms with Crippen molar-refractivity contribution in [2.75, 3.05) is 12.0 Å². The number of benzene rings is 2. The van der Waals surface area contributed by atoms with Crippen LogP contribution in [0.15, 0.2) is 78.0 Å². The van der Waals surface area contributed by atoms with Crippen molar-refractivity contribution in [3.05, 3.63) is 84.2 Å². The van der Waals surface area contributed by atoms with E-state index < -0.39 is 17.9 Å². The second-order valence-corrected chi connectivity index (χ2v) is 9.30. The number of nitrogens with zero attached hydrogens (tertiary/aromatic N) is 3. The van der Waals surface area contributed by atoms with Crippen molar-refractivity contribution in [3.63, 3.8) is 0 Å². The average Bonchev–Trinajstić information content (AvgIpc) is 3.07. The number of aliphatic carboxylic acids is 1. The van der Waals surface area contributed by atoms with Gasteiger partial charge >= 0.3 is 5.97 Å². The number of pyridine rings is 1. The molecule has 0 saturated heterocycles. The van der Waals surface area contributed by atoms with Crippen molar-refractivity contribution in [3.8, 4) is 5.75 Å². The second-order valence-electron chi connectivity index (χ2n) is 9.30. The summed E-state index contributed by atoms with van der Waals surface area (Å²) in [5, 5.41) is 9.23. The van der Waals surface area contributed by atoms with Crippen LogP contribution in [0.5, 0.6) is 5.75 Å². The lowest BCUT2D eigenvalue weighted by Crippen LogP contribution is -2.45. The highest BCUT2D eigenvalue weighted by Gasteiger charge is 2.46. The number of carbonyl (C=O) groups excluding carboxylic acids is 2. The molecular weight excluding hydrogens is 470 g/mol. The van der Waals surface area contributed by atoms with Crippen molar-refractivity contribution in [2.45, 2.75) is 37.6 Å². The van der Waals surface area contributed by atoms with Gasteiger partial charge in [0.2, 0.25) is 5.91 Å². The Bertz CT molecular complexity index is 1350. The Morgan fingerprint density at radius 3 is 2.49 bits per heavy atom.